The second kappa shape index (κ2) is 7.74. The Morgan fingerprint density at radius 1 is 1.19 bits per heavy atom. The van der Waals surface area contributed by atoms with E-state index in [9.17, 15) is 0 Å². The van der Waals surface area contributed by atoms with Crippen LogP contribution in [0.3, 0.4) is 0 Å². The van der Waals surface area contributed by atoms with Gasteiger partial charge in [0.25, 0.3) is 0 Å². The third-order valence-electron chi connectivity index (χ3n) is 3.35. The van der Waals surface area contributed by atoms with Gasteiger partial charge in [-0.25, -0.2) is 0 Å². The lowest BCUT2D eigenvalue weighted by molar-refractivity contribution is 0.404. The van der Waals surface area contributed by atoms with Crippen LogP contribution in [0.5, 0.6) is 5.75 Å². The Labute approximate surface area is 135 Å². The van der Waals surface area contributed by atoms with Gasteiger partial charge in [0.2, 0.25) is 0 Å². The van der Waals surface area contributed by atoms with E-state index in [1.807, 2.05) is 37.0 Å². The normalized spacial score (nSPS) is 12.2. The van der Waals surface area contributed by atoms with Crippen molar-refractivity contribution in [3.63, 3.8) is 0 Å². The molecule has 2 aromatic carbocycles. The number of hydrogen-bond acceptors (Lipinski definition) is 3. The molecule has 112 valence electrons. The maximum atomic E-state index is 6.12. The van der Waals surface area contributed by atoms with Crippen LogP contribution in [0.15, 0.2) is 47.4 Å². The van der Waals surface area contributed by atoms with Gasteiger partial charge in [-0.05, 0) is 44.3 Å². The number of benzene rings is 2. The molecule has 1 N–H and O–H groups in total. The Morgan fingerprint density at radius 3 is 2.52 bits per heavy atom. The van der Waals surface area contributed by atoms with Crippen molar-refractivity contribution in [2.24, 2.45) is 0 Å². The predicted octanol–water partition coefficient (Wildman–Crippen LogP) is 4.71. The molecule has 0 radical (unpaired) electrons. The molecule has 0 amide bonds. The number of hydrogen-bond donors (Lipinski definition) is 1. The van der Waals surface area contributed by atoms with Crippen molar-refractivity contribution in [2.75, 3.05) is 19.9 Å². The number of nitrogens with one attached hydrogen (secondary N) is 1. The average Bonchev–Trinajstić information content (AvgIpc) is 2.50. The van der Waals surface area contributed by atoms with Crippen LogP contribution in [0.25, 0.3) is 0 Å². The standard InChI is InChI=1S/C17H20ClNOS/c1-12-4-7-14(8-5-12)21-11-16(19-2)15-10-13(18)6-9-17(15)20-3/h4-10,16,19H,11H2,1-3H3. The summed E-state index contributed by atoms with van der Waals surface area (Å²) >= 11 is 7.94. The van der Waals surface area contributed by atoms with Crippen LogP contribution < -0.4 is 10.1 Å². The summed E-state index contributed by atoms with van der Waals surface area (Å²) < 4.78 is 5.44. The van der Waals surface area contributed by atoms with E-state index in [4.69, 9.17) is 16.3 Å². The Morgan fingerprint density at radius 2 is 1.90 bits per heavy atom. The van der Waals surface area contributed by atoms with Crippen LogP contribution in [-0.4, -0.2) is 19.9 Å². The van der Waals surface area contributed by atoms with E-state index in [1.54, 1.807) is 7.11 Å². The molecule has 0 saturated heterocycles. The molecule has 0 bridgehead atoms. The lowest BCUT2D eigenvalue weighted by Crippen LogP contribution is -2.19. The summed E-state index contributed by atoms with van der Waals surface area (Å²) in [4.78, 5) is 1.27. The molecule has 0 aliphatic carbocycles. The zero-order chi connectivity index (χ0) is 15.2. The number of rotatable bonds is 6. The van der Waals surface area contributed by atoms with Crippen molar-refractivity contribution in [1.82, 2.24) is 5.32 Å². The smallest absolute Gasteiger partial charge is 0.123 e. The van der Waals surface area contributed by atoms with Gasteiger partial charge in [-0.3, -0.25) is 0 Å². The second-order valence-corrected chi connectivity index (χ2v) is 6.38. The molecule has 0 fully saturated rings. The number of methoxy groups -OCH3 is 1. The zero-order valence-corrected chi connectivity index (χ0v) is 14.1. The van der Waals surface area contributed by atoms with E-state index in [0.717, 1.165) is 22.1 Å². The first-order valence-corrected chi connectivity index (χ1v) is 8.20. The second-order valence-electron chi connectivity index (χ2n) is 4.85. The van der Waals surface area contributed by atoms with Crippen molar-refractivity contribution >= 4 is 23.4 Å². The zero-order valence-electron chi connectivity index (χ0n) is 12.5. The van der Waals surface area contributed by atoms with Gasteiger partial charge in [0, 0.05) is 27.3 Å². The van der Waals surface area contributed by atoms with E-state index in [-0.39, 0.29) is 6.04 Å². The monoisotopic (exact) mass is 321 g/mol. The quantitative estimate of drug-likeness (QED) is 0.778. The summed E-state index contributed by atoms with van der Waals surface area (Å²) in [5.41, 5.74) is 2.37. The van der Waals surface area contributed by atoms with Crippen LogP contribution in [0.1, 0.15) is 17.2 Å². The lowest BCUT2D eigenvalue weighted by Gasteiger charge is -2.19. The molecular formula is C17H20ClNOS. The van der Waals surface area contributed by atoms with Crippen molar-refractivity contribution in [3.05, 3.63) is 58.6 Å². The molecule has 0 aromatic heterocycles. The minimum atomic E-state index is 0.185. The van der Waals surface area contributed by atoms with Gasteiger partial charge < -0.3 is 10.1 Å². The fraction of sp³-hybridized carbons (Fsp3) is 0.294. The summed E-state index contributed by atoms with van der Waals surface area (Å²) in [6.07, 6.45) is 0. The highest BCUT2D eigenvalue weighted by molar-refractivity contribution is 7.99. The highest BCUT2D eigenvalue weighted by Crippen LogP contribution is 2.32. The van der Waals surface area contributed by atoms with Crippen LogP contribution >= 0.6 is 23.4 Å². The average molecular weight is 322 g/mol. The van der Waals surface area contributed by atoms with E-state index in [1.165, 1.54) is 10.5 Å². The van der Waals surface area contributed by atoms with Gasteiger partial charge in [-0.2, -0.15) is 0 Å². The molecule has 0 spiro atoms. The summed E-state index contributed by atoms with van der Waals surface area (Å²) in [5.74, 6) is 1.78. The SMILES string of the molecule is CNC(CSc1ccc(C)cc1)c1cc(Cl)ccc1OC. The molecule has 1 unspecified atom stereocenters. The molecule has 2 aromatic rings. The summed E-state index contributed by atoms with van der Waals surface area (Å²) in [6.45, 7) is 2.10. The maximum Gasteiger partial charge on any atom is 0.123 e. The van der Waals surface area contributed by atoms with Crippen molar-refractivity contribution in [1.29, 1.82) is 0 Å². The number of ether oxygens (including phenoxy) is 1. The topological polar surface area (TPSA) is 21.3 Å². The molecule has 2 nitrogen and oxygen atoms in total. The Balaban J connectivity index is 2.12. The third kappa shape index (κ3) is 4.40. The van der Waals surface area contributed by atoms with Gasteiger partial charge in [0.1, 0.15) is 5.75 Å². The molecule has 4 heteroatoms. The molecule has 0 aliphatic heterocycles. The van der Waals surface area contributed by atoms with Gasteiger partial charge in [0.05, 0.1) is 7.11 Å². The molecule has 1 atom stereocenters. The first kappa shape index (κ1) is 16.2. The minimum absolute atomic E-state index is 0.185. The summed E-state index contributed by atoms with van der Waals surface area (Å²) in [7, 11) is 3.65. The lowest BCUT2D eigenvalue weighted by atomic mass is 10.1. The first-order chi connectivity index (χ1) is 10.1. The maximum absolute atomic E-state index is 6.12. The highest BCUT2D eigenvalue weighted by Gasteiger charge is 2.15. The number of thioether (sulfide) groups is 1. The van der Waals surface area contributed by atoms with Crippen LogP contribution in [-0.2, 0) is 0 Å². The van der Waals surface area contributed by atoms with E-state index < -0.39 is 0 Å². The first-order valence-electron chi connectivity index (χ1n) is 6.84. The molecular weight excluding hydrogens is 302 g/mol. The van der Waals surface area contributed by atoms with Crippen LogP contribution in [0.2, 0.25) is 5.02 Å². The summed E-state index contributed by atoms with van der Waals surface area (Å²) in [6, 6.07) is 14.5. The van der Waals surface area contributed by atoms with Gasteiger partial charge >= 0.3 is 0 Å². The van der Waals surface area contributed by atoms with Gasteiger partial charge in [-0.1, -0.05) is 29.3 Å². The fourth-order valence-corrected chi connectivity index (χ4v) is 3.33. The molecule has 21 heavy (non-hydrogen) atoms. The molecule has 0 saturated carbocycles. The Hall–Kier alpha value is -1.16. The Kier molecular flexibility index (Phi) is 5.97. The van der Waals surface area contributed by atoms with Crippen LogP contribution in [0, 0.1) is 6.92 Å². The number of aryl methyl sites for hydroxylation is 1. The highest BCUT2D eigenvalue weighted by atomic mass is 35.5. The van der Waals surface area contributed by atoms with Gasteiger partial charge in [-0.15, -0.1) is 11.8 Å². The molecule has 0 heterocycles. The van der Waals surface area contributed by atoms with Crippen molar-refractivity contribution in [3.8, 4) is 5.75 Å². The largest absolute Gasteiger partial charge is 0.496 e. The van der Waals surface area contributed by atoms with E-state index in [2.05, 4.69) is 36.5 Å². The van der Waals surface area contributed by atoms with E-state index in [0.29, 0.717) is 0 Å². The van der Waals surface area contributed by atoms with Gasteiger partial charge in [0.15, 0.2) is 0 Å². The fourth-order valence-electron chi connectivity index (χ4n) is 2.12. The van der Waals surface area contributed by atoms with Crippen LogP contribution in [0.4, 0.5) is 0 Å². The Bertz CT molecular complexity index is 586. The van der Waals surface area contributed by atoms with Crippen molar-refractivity contribution < 1.29 is 4.74 Å². The summed E-state index contributed by atoms with van der Waals surface area (Å²) in [5, 5.41) is 4.07. The predicted molar refractivity (Wildman–Crippen MR) is 91.7 cm³/mol. The third-order valence-corrected chi connectivity index (χ3v) is 4.69. The van der Waals surface area contributed by atoms with E-state index >= 15 is 0 Å². The van der Waals surface area contributed by atoms with Crippen molar-refractivity contribution in [2.45, 2.75) is 17.9 Å². The number of halogens is 1. The molecule has 0 aliphatic rings. The minimum Gasteiger partial charge on any atom is -0.496 e. The molecule has 2 rings (SSSR count).